The van der Waals surface area contributed by atoms with Crippen LogP contribution in [0.2, 0.25) is 0 Å². The van der Waals surface area contributed by atoms with Gasteiger partial charge in [-0.3, -0.25) is 0 Å². The van der Waals surface area contributed by atoms with Crippen molar-refractivity contribution in [3.63, 3.8) is 0 Å². The average Bonchev–Trinajstić information content (AvgIpc) is 3.13. The zero-order valence-corrected chi connectivity index (χ0v) is 15.6. The molecule has 3 aromatic rings. The first-order chi connectivity index (χ1) is 13.7. The van der Waals surface area contributed by atoms with Crippen molar-refractivity contribution in [3.8, 4) is 11.5 Å². The molecule has 8 nitrogen and oxygen atoms in total. The Morgan fingerprint density at radius 1 is 1.03 bits per heavy atom. The predicted molar refractivity (Wildman–Crippen MR) is 96.6 cm³/mol. The Bertz CT molecular complexity index is 1200. The minimum absolute atomic E-state index is 0.0115. The van der Waals surface area contributed by atoms with Gasteiger partial charge in [0.2, 0.25) is 22.6 Å². The maximum atomic E-state index is 13.2. The van der Waals surface area contributed by atoms with Crippen molar-refractivity contribution >= 4 is 32.4 Å². The number of alkyl halides is 3. The fourth-order valence-electron chi connectivity index (χ4n) is 2.71. The Morgan fingerprint density at radius 2 is 1.69 bits per heavy atom. The molecule has 4 rings (SSSR count). The third-order valence-corrected chi connectivity index (χ3v) is 5.57. The van der Waals surface area contributed by atoms with Gasteiger partial charge in [-0.1, -0.05) is 0 Å². The maximum absolute atomic E-state index is 13.2. The minimum Gasteiger partial charge on any atom is -0.454 e. The molecule has 2 aromatic carbocycles. The van der Waals surface area contributed by atoms with Crippen LogP contribution >= 0.6 is 0 Å². The van der Waals surface area contributed by atoms with Gasteiger partial charge in [-0.25, -0.2) is 23.1 Å². The minimum atomic E-state index is -4.76. The molecule has 0 amide bonds. The number of rotatable bonds is 4. The zero-order chi connectivity index (χ0) is 20.8. The van der Waals surface area contributed by atoms with Crippen molar-refractivity contribution in [2.24, 2.45) is 0 Å². The highest BCUT2D eigenvalue weighted by Gasteiger charge is 2.36. The molecule has 0 saturated heterocycles. The summed E-state index contributed by atoms with van der Waals surface area (Å²) in [5.74, 6) is -0.776. The van der Waals surface area contributed by atoms with E-state index in [4.69, 9.17) is 9.47 Å². The highest BCUT2D eigenvalue weighted by Crippen LogP contribution is 2.39. The number of hydrogen-bond donors (Lipinski definition) is 2. The summed E-state index contributed by atoms with van der Waals surface area (Å²) >= 11 is 0. The molecule has 1 aliphatic rings. The number of nitrogens with one attached hydrogen (secondary N) is 2. The number of sulfonamides is 1. The number of benzene rings is 2. The molecular weight excluding hydrogens is 413 g/mol. The SMILES string of the molecule is CNS(=O)(=O)c1ccc(Nc2nc(C(F)(F)F)nc3cc4c(cc23)OCO4)cc1. The highest BCUT2D eigenvalue weighted by molar-refractivity contribution is 7.89. The van der Waals surface area contributed by atoms with Crippen molar-refractivity contribution in [3.05, 3.63) is 42.2 Å². The topological polar surface area (TPSA) is 102 Å². The smallest absolute Gasteiger partial charge is 0.451 e. The first-order valence-electron chi connectivity index (χ1n) is 8.16. The Hall–Kier alpha value is -3.12. The van der Waals surface area contributed by atoms with Crippen LogP contribution in [0.1, 0.15) is 5.82 Å². The van der Waals surface area contributed by atoms with E-state index in [0.29, 0.717) is 11.4 Å². The monoisotopic (exact) mass is 426 g/mol. The van der Waals surface area contributed by atoms with Crippen LogP contribution in [0, 0.1) is 0 Å². The number of ether oxygens (including phenoxy) is 2. The van der Waals surface area contributed by atoms with E-state index in [-0.39, 0.29) is 34.2 Å². The molecule has 29 heavy (non-hydrogen) atoms. The fourth-order valence-corrected chi connectivity index (χ4v) is 3.44. The van der Waals surface area contributed by atoms with Crippen molar-refractivity contribution in [2.45, 2.75) is 11.1 Å². The average molecular weight is 426 g/mol. The van der Waals surface area contributed by atoms with Gasteiger partial charge in [0.25, 0.3) is 0 Å². The molecule has 1 aliphatic heterocycles. The number of anilines is 2. The van der Waals surface area contributed by atoms with E-state index in [1.807, 2.05) is 0 Å². The molecule has 0 atom stereocenters. The first-order valence-corrected chi connectivity index (χ1v) is 9.65. The summed E-state index contributed by atoms with van der Waals surface area (Å²) in [7, 11) is -2.36. The van der Waals surface area contributed by atoms with Gasteiger partial charge in [0.1, 0.15) is 5.82 Å². The van der Waals surface area contributed by atoms with Crippen LogP contribution in [-0.2, 0) is 16.2 Å². The molecule has 12 heteroatoms. The summed E-state index contributed by atoms with van der Waals surface area (Å²) in [5, 5.41) is 3.07. The van der Waals surface area contributed by atoms with Gasteiger partial charge >= 0.3 is 6.18 Å². The van der Waals surface area contributed by atoms with E-state index in [2.05, 4.69) is 20.0 Å². The highest BCUT2D eigenvalue weighted by atomic mass is 32.2. The van der Waals surface area contributed by atoms with E-state index in [1.54, 1.807) is 0 Å². The lowest BCUT2D eigenvalue weighted by Gasteiger charge is -2.13. The molecule has 0 bridgehead atoms. The van der Waals surface area contributed by atoms with Gasteiger partial charge in [0.15, 0.2) is 11.5 Å². The number of fused-ring (bicyclic) bond motifs is 2. The molecule has 0 spiro atoms. The quantitative estimate of drug-likeness (QED) is 0.661. The summed E-state index contributed by atoms with van der Waals surface area (Å²) in [6.07, 6.45) is -4.76. The van der Waals surface area contributed by atoms with Crippen LogP contribution in [0.3, 0.4) is 0 Å². The van der Waals surface area contributed by atoms with Crippen molar-refractivity contribution in [1.29, 1.82) is 0 Å². The number of hydrogen-bond acceptors (Lipinski definition) is 7. The lowest BCUT2D eigenvalue weighted by molar-refractivity contribution is -0.144. The third kappa shape index (κ3) is 3.63. The van der Waals surface area contributed by atoms with Crippen LogP contribution in [0.15, 0.2) is 41.3 Å². The Labute approximate surface area is 162 Å². The molecule has 1 aromatic heterocycles. The summed E-state index contributed by atoms with van der Waals surface area (Å²) in [4.78, 5) is 7.20. The summed E-state index contributed by atoms with van der Waals surface area (Å²) in [6, 6.07) is 8.30. The second-order valence-electron chi connectivity index (χ2n) is 5.97. The third-order valence-electron chi connectivity index (χ3n) is 4.14. The maximum Gasteiger partial charge on any atom is 0.451 e. The molecule has 2 N–H and O–H groups in total. The van der Waals surface area contributed by atoms with E-state index >= 15 is 0 Å². The van der Waals surface area contributed by atoms with Crippen LogP contribution in [0.4, 0.5) is 24.7 Å². The van der Waals surface area contributed by atoms with Crippen molar-refractivity contribution < 1.29 is 31.1 Å². The van der Waals surface area contributed by atoms with Gasteiger partial charge < -0.3 is 14.8 Å². The van der Waals surface area contributed by atoms with Gasteiger partial charge in [0, 0.05) is 17.1 Å². The largest absolute Gasteiger partial charge is 0.454 e. The van der Waals surface area contributed by atoms with Crippen molar-refractivity contribution in [2.75, 3.05) is 19.2 Å². The van der Waals surface area contributed by atoms with Crippen molar-refractivity contribution in [1.82, 2.24) is 14.7 Å². The van der Waals surface area contributed by atoms with E-state index < -0.39 is 22.0 Å². The van der Waals surface area contributed by atoms with Crippen LogP contribution < -0.4 is 19.5 Å². The zero-order valence-electron chi connectivity index (χ0n) is 14.7. The lowest BCUT2D eigenvalue weighted by Crippen LogP contribution is -2.18. The Morgan fingerprint density at radius 3 is 2.31 bits per heavy atom. The molecule has 0 aliphatic carbocycles. The fraction of sp³-hybridized carbons (Fsp3) is 0.176. The number of halogens is 3. The van der Waals surface area contributed by atoms with Gasteiger partial charge in [-0.2, -0.15) is 13.2 Å². The Kier molecular flexibility index (Phi) is 4.46. The summed E-state index contributed by atoms with van der Waals surface area (Å²) < 4.78 is 76.0. The molecule has 2 heterocycles. The van der Waals surface area contributed by atoms with Crippen LogP contribution in [0.5, 0.6) is 11.5 Å². The molecule has 0 fully saturated rings. The molecule has 0 radical (unpaired) electrons. The van der Waals surface area contributed by atoms with E-state index in [1.165, 1.54) is 43.4 Å². The normalized spacial score (nSPS) is 13.7. The van der Waals surface area contributed by atoms with E-state index in [0.717, 1.165) is 0 Å². The molecule has 0 unspecified atom stereocenters. The Balaban J connectivity index is 1.79. The second kappa shape index (κ2) is 6.74. The molecular formula is C17H13F3N4O4S. The number of nitrogens with zero attached hydrogens (tertiary/aromatic N) is 2. The second-order valence-corrected chi connectivity index (χ2v) is 7.86. The van der Waals surface area contributed by atoms with Crippen LogP contribution in [-0.4, -0.2) is 32.2 Å². The van der Waals surface area contributed by atoms with Gasteiger partial charge in [-0.05, 0) is 37.4 Å². The lowest BCUT2D eigenvalue weighted by atomic mass is 10.2. The predicted octanol–water partition coefficient (Wildman–Crippen LogP) is 3.03. The number of aromatic nitrogens is 2. The van der Waals surface area contributed by atoms with Crippen LogP contribution in [0.25, 0.3) is 10.9 Å². The summed E-state index contributed by atoms with van der Waals surface area (Å²) in [6.45, 7) is -0.0463. The summed E-state index contributed by atoms with van der Waals surface area (Å²) in [5.41, 5.74) is 0.360. The standard InChI is InChI=1S/C17H13F3N4O4S/c1-21-29(25,26)10-4-2-9(3-5-10)22-15-11-6-13-14(28-8-27-13)7-12(11)23-16(24-15)17(18,19)20/h2-7,21H,8H2,1H3,(H,22,23,24). The molecule has 0 saturated carbocycles. The van der Waals surface area contributed by atoms with Gasteiger partial charge in [-0.15, -0.1) is 0 Å². The first kappa shape index (κ1) is 19.2. The molecule has 152 valence electrons. The van der Waals surface area contributed by atoms with E-state index in [9.17, 15) is 21.6 Å². The van der Waals surface area contributed by atoms with Gasteiger partial charge in [0.05, 0.1) is 10.4 Å².